The maximum Gasteiger partial charge on any atom is 0.229 e. The largest absolute Gasteiger partial charge is 0.367 e. The van der Waals surface area contributed by atoms with Crippen LogP contribution >= 0.6 is 0 Å². The Morgan fingerprint density at radius 1 is 1.50 bits per heavy atom. The maximum atomic E-state index is 12.7. The number of anilines is 2. The highest BCUT2D eigenvalue weighted by atomic mass is 32.2. The van der Waals surface area contributed by atoms with Gasteiger partial charge in [0.1, 0.15) is 5.82 Å². The molecule has 2 aliphatic heterocycles. The molecular weight excluding hydrogens is 304 g/mol. The molecule has 0 aromatic carbocycles. The van der Waals surface area contributed by atoms with E-state index in [1.165, 1.54) is 0 Å². The van der Waals surface area contributed by atoms with Crippen molar-refractivity contribution in [2.45, 2.75) is 32.2 Å². The van der Waals surface area contributed by atoms with Crippen LogP contribution < -0.4 is 14.9 Å². The van der Waals surface area contributed by atoms with E-state index in [-0.39, 0.29) is 18.1 Å². The number of nitrogens with zero attached hydrogens (tertiary/aromatic N) is 2. The van der Waals surface area contributed by atoms with Crippen LogP contribution in [0.15, 0.2) is 12.3 Å². The molecule has 1 aromatic rings. The fraction of sp³-hybridized carbons (Fsp3) is 0.571. The Morgan fingerprint density at radius 3 is 2.95 bits per heavy atom. The first-order valence-corrected chi connectivity index (χ1v) is 8.96. The number of sulfonamides is 1. The lowest BCUT2D eigenvalue weighted by Gasteiger charge is -2.32. The van der Waals surface area contributed by atoms with Gasteiger partial charge >= 0.3 is 0 Å². The summed E-state index contributed by atoms with van der Waals surface area (Å²) in [6, 6.07) is 1.92. The van der Waals surface area contributed by atoms with Gasteiger partial charge in [-0.3, -0.25) is 4.79 Å². The summed E-state index contributed by atoms with van der Waals surface area (Å²) in [7, 11) is -3.24. The van der Waals surface area contributed by atoms with Crippen LogP contribution in [0.1, 0.15) is 25.3 Å². The van der Waals surface area contributed by atoms with E-state index in [0.717, 1.165) is 11.3 Å². The second-order valence-corrected chi connectivity index (χ2v) is 8.10. The highest BCUT2D eigenvalue weighted by molar-refractivity contribution is 7.89. The van der Waals surface area contributed by atoms with Gasteiger partial charge in [0.25, 0.3) is 0 Å². The molecule has 1 aromatic heterocycles. The predicted octanol–water partition coefficient (Wildman–Crippen LogP) is 0.620. The zero-order valence-corrected chi connectivity index (χ0v) is 13.5. The van der Waals surface area contributed by atoms with Gasteiger partial charge in [0, 0.05) is 31.2 Å². The molecule has 3 heterocycles. The van der Waals surface area contributed by atoms with Gasteiger partial charge in [-0.2, -0.15) is 0 Å². The summed E-state index contributed by atoms with van der Waals surface area (Å²) in [6.07, 6.45) is 2.36. The standard InChI is InChI=1S/C14H20N4O3S/c1-10-7-11-13(16-9-10)15-4-5-18(11)12(19)8-14(2)3-6-22(20,21)17-14/h7,9,17H,3-6,8H2,1-2H3,(H,15,16). The predicted molar refractivity (Wildman–Crippen MR) is 84.4 cm³/mol. The first kappa shape index (κ1) is 15.2. The fourth-order valence-electron chi connectivity index (χ4n) is 2.95. The maximum absolute atomic E-state index is 12.7. The second-order valence-electron chi connectivity index (χ2n) is 6.26. The lowest BCUT2D eigenvalue weighted by molar-refractivity contribution is -0.119. The Morgan fingerprint density at radius 2 is 2.27 bits per heavy atom. The van der Waals surface area contributed by atoms with Crippen LogP contribution in [0, 0.1) is 6.92 Å². The smallest absolute Gasteiger partial charge is 0.229 e. The molecule has 1 unspecified atom stereocenters. The van der Waals surface area contributed by atoms with Gasteiger partial charge in [-0.25, -0.2) is 18.1 Å². The third kappa shape index (κ3) is 2.93. The zero-order chi connectivity index (χ0) is 16.0. The van der Waals surface area contributed by atoms with Crippen molar-refractivity contribution in [1.29, 1.82) is 0 Å². The van der Waals surface area contributed by atoms with E-state index in [2.05, 4.69) is 15.0 Å². The Labute approximate surface area is 130 Å². The van der Waals surface area contributed by atoms with Gasteiger partial charge in [0.05, 0.1) is 11.4 Å². The summed E-state index contributed by atoms with van der Waals surface area (Å²) in [6.45, 7) is 4.90. The van der Waals surface area contributed by atoms with Crippen LogP contribution in [0.3, 0.4) is 0 Å². The summed E-state index contributed by atoms with van der Waals surface area (Å²) < 4.78 is 25.8. The van der Waals surface area contributed by atoms with Gasteiger partial charge in [0.2, 0.25) is 15.9 Å². The van der Waals surface area contributed by atoms with Crippen molar-refractivity contribution in [3.8, 4) is 0 Å². The molecule has 1 fully saturated rings. The minimum Gasteiger partial charge on any atom is -0.367 e. The summed E-state index contributed by atoms with van der Waals surface area (Å²) in [5.41, 5.74) is 1.05. The summed E-state index contributed by atoms with van der Waals surface area (Å²) in [4.78, 5) is 18.7. The molecule has 22 heavy (non-hydrogen) atoms. The lowest BCUT2D eigenvalue weighted by atomic mass is 9.95. The van der Waals surface area contributed by atoms with Crippen LogP contribution in [-0.4, -0.2) is 43.7 Å². The number of rotatable bonds is 2. The molecule has 1 saturated heterocycles. The second kappa shape index (κ2) is 5.20. The molecule has 1 amide bonds. The Kier molecular flexibility index (Phi) is 3.60. The van der Waals surface area contributed by atoms with Crippen LogP contribution in [0.25, 0.3) is 0 Å². The average molecular weight is 324 g/mol. The molecule has 3 rings (SSSR count). The van der Waals surface area contributed by atoms with Crippen molar-refractivity contribution < 1.29 is 13.2 Å². The van der Waals surface area contributed by atoms with Crippen LogP contribution in [0.2, 0.25) is 0 Å². The average Bonchev–Trinajstić information content (AvgIpc) is 2.71. The molecule has 0 spiro atoms. The van der Waals surface area contributed by atoms with Crippen LogP contribution in [0.5, 0.6) is 0 Å². The number of carbonyl (C=O) groups excluding carboxylic acids is 1. The Hall–Kier alpha value is -1.67. The van der Waals surface area contributed by atoms with E-state index in [1.807, 2.05) is 13.0 Å². The quantitative estimate of drug-likeness (QED) is 0.832. The van der Waals surface area contributed by atoms with Gasteiger partial charge < -0.3 is 10.2 Å². The van der Waals surface area contributed by atoms with Crippen molar-refractivity contribution in [2.75, 3.05) is 29.1 Å². The zero-order valence-electron chi connectivity index (χ0n) is 12.7. The van der Waals surface area contributed by atoms with Gasteiger partial charge in [-0.15, -0.1) is 0 Å². The first-order chi connectivity index (χ1) is 10.3. The minimum atomic E-state index is -3.24. The van der Waals surface area contributed by atoms with E-state index in [9.17, 15) is 13.2 Å². The number of fused-ring (bicyclic) bond motifs is 1. The van der Waals surface area contributed by atoms with E-state index in [4.69, 9.17) is 0 Å². The molecule has 0 aliphatic carbocycles. The summed E-state index contributed by atoms with van der Waals surface area (Å²) in [5, 5.41) is 3.17. The topological polar surface area (TPSA) is 91.4 Å². The molecule has 1 atom stereocenters. The number of aryl methyl sites for hydroxylation is 1. The highest BCUT2D eigenvalue weighted by Gasteiger charge is 2.40. The monoisotopic (exact) mass is 324 g/mol. The number of aromatic nitrogens is 1. The number of carbonyl (C=O) groups is 1. The van der Waals surface area contributed by atoms with Crippen molar-refractivity contribution in [3.63, 3.8) is 0 Å². The lowest BCUT2D eigenvalue weighted by Crippen LogP contribution is -2.46. The molecule has 0 radical (unpaired) electrons. The van der Waals surface area contributed by atoms with Crippen LogP contribution in [0.4, 0.5) is 11.5 Å². The third-order valence-corrected chi connectivity index (χ3v) is 5.64. The molecule has 0 bridgehead atoms. The number of amides is 1. The van der Waals surface area contributed by atoms with E-state index in [0.29, 0.717) is 25.3 Å². The highest BCUT2D eigenvalue weighted by Crippen LogP contribution is 2.31. The summed E-state index contributed by atoms with van der Waals surface area (Å²) >= 11 is 0. The molecule has 7 nitrogen and oxygen atoms in total. The van der Waals surface area contributed by atoms with E-state index >= 15 is 0 Å². The molecule has 120 valence electrons. The third-order valence-electron chi connectivity index (χ3n) is 4.09. The minimum absolute atomic E-state index is 0.0790. The molecule has 0 saturated carbocycles. The number of hydrogen-bond acceptors (Lipinski definition) is 5. The normalized spacial score (nSPS) is 26.4. The van der Waals surface area contributed by atoms with Gasteiger partial charge in [-0.1, -0.05) is 0 Å². The first-order valence-electron chi connectivity index (χ1n) is 7.31. The number of pyridine rings is 1. The number of hydrogen-bond donors (Lipinski definition) is 2. The van der Waals surface area contributed by atoms with E-state index < -0.39 is 15.6 Å². The molecule has 8 heteroatoms. The molecule has 2 aliphatic rings. The van der Waals surface area contributed by atoms with Crippen molar-refractivity contribution in [2.24, 2.45) is 0 Å². The Balaban J connectivity index is 1.81. The van der Waals surface area contributed by atoms with E-state index in [1.54, 1.807) is 18.0 Å². The molecule has 2 N–H and O–H groups in total. The van der Waals surface area contributed by atoms with Gasteiger partial charge in [0.15, 0.2) is 0 Å². The van der Waals surface area contributed by atoms with Gasteiger partial charge in [-0.05, 0) is 31.9 Å². The Bertz CT molecular complexity index is 719. The van der Waals surface area contributed by atoms with Crippen molar-refractivity contribution >= 4 is 27.4 Å². The van der Waals surface area contributed by atoms with Crippen molar-refractivity contribution in [1.82, 2.24) is 9.71 Å². The number of nitrogens with one attached hydrogen (secondary N) is 2. The van der Waals surface area contributed by atoms with Crippen LogP contribution in [-0.2, 0) is 14.8 Å². The van der Waals surface area contributed by atoms with Crippen molar-refractivity contribution in [3.05, 3.63) is 17.8 Å². The molecular formula is C14H20N4O3S. The fourth-order valence-corrected chi connectivity index (χ4v) is 4.70. The SMILES string of the molecule is Cc1cnc2c(c1)N(C(=O)CC1(C)CCS(=O)(=O)N1)CCN2. The summed E-state index contributed by atoms with van der Waals surface area (Å²) in [5.74, 6) is 0.694.